The standard InChI is InChI=1S/C17H35N3O2S/c1-3-13-23(21,22)20-11-8-16(9-12-20)19-15(2)14-17-7-5-4-6-10-18-17/h15-19H,3-14H2,1-2H3. The van der Waals surface area contributed by atoms with Gasteiger partial charge in [0, 0.05) is 31.2 Å². The van der Waals surface area contributed by atoms with Crippen LogP contribution in [0.1, 0.15) is 65.2 Å². The van der Waals surface area contributed by atoms with Crippen LogP contribution in [0.15, 0.2) is 0 Å². The molecule has 0 bridgehead atoms. The fourth-order valence-electron chi connectivity index (χ4n) is 3.89. The van der Waals surface area contributed by atoms with Crippen LogP contribution in [0.25, 0.3) is 0 Å². The molecule has 2 unspecified atom stereocenters. The Kier molecular flexibility index (Phi) is 7.79. The Morgan fingerprint density at radius 1 is 1.17 bits per heavy atom. The monoisotopic (exact) mass is 345 g/mol. The SMILES string of the molecule is CCCS(=O)(=O)N1CCC(NC(C)CC2CCCCCN2)CC1. The molecule has 0 saturated carbocycles. The van der Waals surface area contributed by atoms with Gasteiger partial charge in [-0.1, -0.05) is 19.8 Å². The number of rotatable bonds is 7. The summed E-state index contributed by atoms with van der Waals surface area (Å²) in [5, 5.41) is 7.39. The van der Waals surface area contributed by atoms with Crippen LogP contribution in [0, 0.1) is 0 Å². The minimum Gasteiger partial charge on any atom is -0.314 e. The number of sulfonamides is 1. The van der Waals surface area contributed by atoms with Crippen LogP contribution in [-0.4, -0.2) is 56.2 Å². The smallest absolute Gasteiger partial charge is 0.214 e. The normalized spacial score (nSPS) is 26.8. The molecular formula is C17H35N3O2S. The van der Waals surface area contributed by atoms with Crippen LogP contribution in [0.2, 0.25) is 0 Å². The minimum absolute atomic E-state index is 0.287. The summed E-state index contributed by atoms with van der Waals surface area (Å²) < 4.78 is 25.9. The average Bonchev–Trinajstić information content (AvgIpc) is 2.76. The van der Waals surface area contributed by atoms with Gasteiger partial charge in [-0.2, -0.15) is 0 Å². The van der Waals surface area contributed by atoms with Crippen molar-refractivity contribution in [1.82, 2.24) is 14.9 Å². The van der Waals surface area contributed by atoms with E-state index in [0.29, 0.717) is 37.6 Å². The zero-order valence-corrected chi connectivity index (χ0v) is 15.7. The van der Waals surface area contributed by atoms with Crippen molar-refractivity contribution in [2.45, 2.75) is 83.3 Å². The molecule has 2 saturated heterocycles. The highest BCUT2D eigenvalue weighted by Crippen LogP contribution is 2.17. The first-order valence-electron chi connectivity index (χ1n) is 9.48. The lowest BCUT2D eigenvalue weighted by molar-refractivity contribution is 0.266. The number of nitrogens with one attached hydrogen (secondary N) is 2. The van der Waals surface area contributed by atoms with Gasteiger partial charge in [0.15, 0.2) is 0 Å². The van der Waals surface area contributed by atoms with Crippen molar-refractivity contribution in [2.24, 2.45) is 0 Å². The summed E-state index contributed by atoms with van der Waals surface area (Å²) in [7, 11) is -3.02. The van der Waals surface area contributed by atoms with E-state index in [1.54, 1.807) is 4.31 Å². The van der Waals surface area contributed by atoms with Crippen molar-refractivity contribution < 1.29 is 8.42 Å². The van der Waals surface area contributed by atoms with Gasteiger partial charge in [0.25, 0.3) is 0 Å². The Morgan fingerprint density at radius 2 is 1.91 bits per heavy atom. The third kappa shape index (κ3) is 6.33. The molecule has 2 fully saturated rings. The van der Waals surface area contributed by atoms with E-state index in [1.165, 1.54) is 32.1 Å². The van der Waals surface area contributed by atoms with Crippen molar-refractivity contribution in [3.05, 3.63) is 0 Å². The summed E-state index contributed by atoms with van der Waals surface area (Å²) in [5.74, 6) is 0.287. The summed E-state index contributed by atoms with van der Waals surface area (Å²) in [5.41, 5.74) is 0. The molecule has 6 heteroatoms. The van der Waals surface area contributed by atoms with E-state index in [4.69, 9.17) is 0 Å². The van der Waals surface area contributed by atoms with Crippen LogP contribution in [0.5, 0.6) is 0 Å². The molecule has 0 spiro atoms. The first kappa shape index (κ1) is 19.2. The Bertz CT molecular complexity index is 425. The van der Waals surface area contributed by atoms with Crippen LogP contribution < -0.4 is 10.6 Å². The second-order valence-electron chi connectivity index (χ2n) is 7.29. The van der Waals surface area contributed by atoms with E-state index in [-0.39, 0.29) is 5.75 Å². The van der Waals surface area contributed by atoms with E-state index < -0.39 is 10.0 Å². The van der Waals surface area contributed by atoms with Gasteiger partial charge in [-0.15, -0.1) is 0 Å². The summed E-state index contributed by atoms with van der Waals surface area (Å²) in [6, 6.07) is 1.60. The fraction of sp³-hybridized carbons (Fsp3) is 1.00. The second kappa shape index (κ2) is 9.35. The van der Waals surface area contributed by atoms with Gasteiger partial charge < -0.3 is 10.6 Å². The van der Waals surface area contributed by atoms with Gasteiger partial charge >= 0.3 is 0 Å². The van der Waals surface area contributed by atoms with Crippen molar-refractivity contribution >= 4 is 10.0 Å². The van der Waals surface area contributed by atoms with Gasteiger partial charge in [-0.05, 0) is 52.0 Å². The molecule has 0 aromatic rings. The van der Waals surface area contributed by atoms with E-state index in [0.717, 1.165) is 19.4 Å². The lowest BCUT2D eigenvalue weighted by Crippen LogP contribution is -2.48. The maximum absolute atomic E-state index is 12.1. The molecule has 0 aliphatic carbocycles. The predicted octanol–water partition coefficient (Wildman–Crippen LogP) is 2.09. The Balaban J connectivity index is 1.71. The zero-order valence-electron chi connectivity index (χ0n) is 14.9. The molecule has 0 aromatic carbocycles. The lowest BCUT2D eigenvalue weighted by atomic mass is 10.0. The molecule has 0 aromatic heterocycles. The van der Waals surface area contributed by atoms with E-state index in [2.05, 4.69) is 17.6 Å². The largest absolute Gasteiger partial charge is 0.314 e. The highest BCUT2D eigenvalue weighted by atomic mass is 32.2. The zero-order chi connectivity index (χ0) is 16.7. The van der Waals surface area contributed by atoms with Gasteiger partial charge in [0.1, 0.15) is 0 Å². The Hall–Kier alpha value is -0.170. The molecular weight excluding hydrogens is 310 g/mol. The predicted molar refractivity (Wildman–Crippen MR) is 96.1 cm³/mol. The molecule has 2 aliphatic rings. The lowest BCUT2D eigenvalue weighted by Gasteiger charge is -2.34. The van der Waals surface area contributed by atoms with Crippen LogP contribution in [0.4, 0.5) is 0 Å². The Morgan fingerprint density at radius 3 is 2.61 bits per heavy atom. The van der Waals surface area contributed by atoms with Gasteiger partial charge in [0.05, 0.1) is 5.75 Å². The van der Waals surface area contributed by atoms with Gasteiger partial charge in [0.2, 0.25) is 10.0 Å². The van der Waals surface area contributed by atoms with Crippen molar-refractivity contribution in [3.63, 3.8) is 0 Å². The molecule has 5 nitrogen and oxygen atoms in total. The average molecular weight is 346 g/mol. The molecule has 23 heavy (non-hydrogen) atoms. The number of hydrogen-bond donors (Lipinski definition) is 2. The highest BCUT2D eigenvalue weighted by Gasteiger charge is 2.28. The third-order valence-electron chi connectivity index (χ3n) is 5.13. The fourth-order valence-corrected chi connectivity index (χ4v) is 5.43. The summed E-state index contributed by atoms with van der Waals surface area (Å²) in [6.45, 7) is 6.70. The molecule has 2 N–H and O–H groups in total. The van der Waals surface area contributed by atoms with E-state index in [9.17, 15) is 8.42 Å². The van der Waals surface area contributed by atoms with Crippen LogP contribution in [0.3, 0.4) is 0 Å². The van der Waals surface area contributed by atoms with Gasteiger partial charge in [-0.3, -0.25) is 0 Å². The molecule has 2 heterocycles. The topological polar surface area (TPSA) is 61.4 Å². The first-order valence-corrected chi connectivity index (χ1v) is 11.1. The maximum atomic E-state index is 12.1. The molecule has 2 aliphatic heterocycles. The quantitative estimate of drug-likeness (QED) is 0.742. The second-order valence-corrected chi connectivity index (χ2v) is 9.38. The van der Waals surface area contributed by atoms with Crippen molar-refractivity contribution in [3.8, 4) is 0 Å². The summed E-state index contributed by atoms with van der Waals surface area (Å²) in [4.78, 5) is 0. The minimum atomic E-state index is -3.02. The molecule has 136 valence electrons. The molecule has 2 rings (SSSR count). The van der Waals surface area contributed by atoms with Crippen LogP contribution >= 0.6 is 0 Å². The third-order valence-corrected chi connectivity index (χ3v) is 7.21. The van der Waals surface area contributed by atoms with Gasteiger partial charge in [-0.25, -0.2) is 12.7 Å². The first-order chi connectivity index (χ1) is 11.0. The molecule has 2 atom stereocenters. The Labute approximate surface area is 142 Å². The van der Waals surface area contributed by atoms with Crippen LogP contribution in [-0.2, 0) is 10.0 Å². The van der Waals surface area contributed by atoms with E-state index >= 15 is 0 Å². The number of piperidine rings is 1. The molecule has 0 radical (unpaired) electrons. The highest BCUT2D eigenvalue weighted by molar-refractivity contribution is 7.89. The maximum Gasteiger partial charge on any atom is 0.214 e. The van der Waals surface area contributed by atoms with E-state index in [1.807, 2.05) is 6.92 Å². The number of hydrogen-bond acceptors (Lipinski definition) is 4. The molecule has 0 amide bonds. The van der Waals surface area contributed by atoms with Crippen molar-refractivity contribution in [2.75, 3.05) is 25.4 Å². The number of nitrogens with zero attached hydrogens (tertiary/aromatic N) is 1. The summed E-state index contributed by atoms with van der Waals surface area (Å²) in [6.07, 6.45) is 9.05. The summed E-state index contributed by atoms with van der Waals surface area (Å²) >= 11 is 0. The van der Waals surface area contributed by atoms with Crippen molar-refractivity contribution in [1.29, 1.82) is 0 Å².